The van der Waals surface area contributed by atoms with Crippen LogP contribution >= 0.6 is 23.3 Å². The van der Waals surface area contributed by atoms with Gasteiger partial charge in [0.15, 0.2) is 11.4 Å². The van der Waals surface area contributed by atoms with Crippen molar-refractivity contribution in [2.75, 3.05) is 31.1 Å². The van der Waals surface area contributed by atoms with Gasteiger partial charge >= 0.3 is 6.18 Å². The van der Waals surface area contributed by atoms with E-state index in [0.717, 1.165) is 23.9 Å². The van der Waals surface area contributed by atoms with Crippen molar-refractivity contribution in [3.05, 3.63) is 51.9 Å². The number of fused-ring (bicyclic) bond motifs is 1. The fourth-order valence-electron chi connectivity index (χ4n) is 3.24. The SMILES string of the molecule is O=C1C(Cl)=C(N2CCN(c3ccc(C(F)(F)F)cc3)CC2)C(=O)c2nsnc21. The number of allylic oxidation sites excluding steroid dienone is 2. The van der Waals surface area contributed by atoms with Gasteiger partial charge in [-0.25, -0.2) is 0 Å². The van der Waals surface area contributed by atoms with Gasteiger partial charge in [-0.1, -0.05) is 11.6 Å². The first kappa shape index (κ1) is 18.9. The molecule has 1 aliphatic heterocycles. The standard InChI is InChI=1S/C17H12ClF3N4O2S/c18-11-14(16(27)13-12(15(11)26)22-28-23-13)25-7-5-24(6-8-25)10-3-1-9(2-4-10)17(19,20)21/h1-4H,5-8H2. The van der Waals surface area contributed by atoms with Crippen LogP contribution in [0.4, 0.5) is 18.9 Å². The van der Waals surface area contributed by atoms with Gasteiger partial charge in [0, 0.05) is 31.9 Å². The molecule has 146 valence electrons. The number of hydrogen-bond acceptors (Lipinski definition) is 7. The minimum Gasteiger partial charge on any atom is -0.368 e. The quantitative estimate of drug-likeness (QED) is 0.731. The Kier molecular flexibility index (Phi) is 4.62. The Hall–Kier alpha value is -2.46. The molecule has 1 saturated heterocycles. The van der Waals surface area contributed by atoms with Crippen molar-refractivity contribution in [1.82, 2.24) is 13.6 Å². The van der Waals surface area contributed by atoms with E-state index >= 15 is 0 Å². The maximum Gasteiger partial charge on any atom is 0.416 e. The largest absolute Gasteiger partial charge is 0.416 e. The molecule has 0 radical (unpaired) electrons. The number of carbonyl (C=O) groups excluding carboxylic acids is 2. The average molecular weight is 429 g/mol. The average Bonchev–Trinajstić information content (AvgIpc) is 3.17. The molecule has 1 fully saturated rings. The van der Waals surface area contributed by atoms with Crippen LogP contribution in [0.25, 0.3) is 0 Å². The highest BCUT2D eigenvalue weighted by Gasteiger charge is 2.38. The lowest BCUT2D eigenvalue weighted by atomic mass is 10.0. The first-order valence-electron chi connectivity index (χ1n) is 8.26. The van der Waals surface area contributed by atoms with Gasteiger partial charge in [0.25, 0.3) is 0 Å². The Morgan fingerprint density at radius 2 is 1.43 bits per heavy atom. The molecule has 2 aliphatic rings. The van der Waals surface area contributed by atoms with Crippen molar-refractivity contribution in [2.24, 2.45) is 0 Å². The molecule has 1 aromatic carbocycles. The molecule has 0 saturated carbocycles. The molecule has 0 atom stereocenters. The molecule has 2 aromatic rings. The topological polar surface area (TPSA) is 66.4 Å². The van der Waals surface area contributed by atoms with Gasteiger partial charge in [-0.2, -0.15) is 21.9 Å². The zero-order valence-corrected chi connectivity index (χ0v) is 15.7. The minimum absolute atomic E-state index is 0.0135. The smallest absolute Gasteiger partial charge is 0.368 e. The molecule has 2 heterocycles. The Morgan fingerprint density at radius 1 is 0.893 bits per heavy atom. The van der Waals surface area contributed by atoms with E-state index in [-0.39, 0.29) is 22.1 Å². The van der Waals surface area contributed by atoms with Crippen molar-refractivity contribution in [2.45, 2.75) is 6.18 Å². The summed E-state index contributed by atoms with van der Waals surface area (Å²) in [6.07, 6.45) is -4.38. The van der Waals surface area contributed by atoms with Crippen molar-refractivity contribution in [1.29, 1.82) is 0 Å². The maximum atomic E-state index is 12.7. The highest BCUT2D eigenvalue weighted by molar-refractivity contribution is 6.99. The number of aromatic nitrogens is 2. The second kappa shape index (κ2) is 6.85. The van der Waals surface area contributed by atoms with Gasteiger partial charge in [-0.3, -0.25) is 9.59 Å². The number of anilines is 1. The van der Waals surface area contributed by atoms with E-state index in [2.05, 4.69) is 8.75 Å². The Morgan fingerprint density at radius 3 is 2.00 bits per heavy atom. The summed E-state index contributed by atoms with van der Waals surface area (Å²) in [4.78, 5) is 28.6. The fourth-order valence-corrected chi connectivity index (χ4v) is 4.08. The van der Waals surface area contributed by atoms with Gasteiger partial charge < -0.3 is 9.80 Å². The summed E-state index contributed by atoms with van der Waals surface area (Å²) < 4.78 is 45.8. The van der Waals surface area contributed by atoms with Crippen LogP contribution < -0.4 is 4.90 Å². The monoisotopic (exact) mass is 428 g/mol. The Bertz CT molecular complexity index is 979. The zero-order chi connectivity index (χ0) is 20.1. The second-order valence-electron chi connectivity index (χ2n) is 6.30. The predicted molar refractivity (Wildman–Crippen MR) is 96.7 cm³/mol. The molecule has 0 N–H and O–H groups in total. The Labute approximate surface area is 166 Å². The molecular weight excluding hydrogens is 417 g/mol. The highest BCUT2D eigenvalue weighted by Crippen LogP contribution is 2.32. The molecular formula is C17H12ClF3N4O2S. The van der Waals surface area contributed by atoms with Gasteiger partial charge in [0.05, 0.1) is 17.3 Å². The third-order valence-electron chi connectivity index (χ3n) is 4.70. The van der Waals surface area contributed by atoms with Gasteiger partial charge in [-0.05, 0) is 24.3 Å². The number of piperazine rings is 1. The van der Waals surface area contributed by atoms with Crippen molar-refractivity contribution in [3.8, 4) is 0 Å². The predicted octanol–water partition coefficient (Wildman–Crippen LogP) is 3.21. The number of Topliss-reactive ketones (excluding diaryl/α,β-unsaturated/α-hetero) is 2. The maximum absolute atomic E-state index is 12.7. The van der Waals surface area contributed by atoms with E-state index in [4.69, 9.17) is 11.6 Å². The van der Waals surface area contributed by atoms with Crippen LogP contribution in [0.1, 0.15) is 26.5 Å². The van der Waals surface area contributed by atoms with Gasteiger partial charge in [0.1, 0.15) is 10.7 Å². The van der Waals surface area contributed by atoms with Crippen LogP contribution in [0.2, 0.25) is 0 Å². The molecule has 1 aromatic heterocycles. The molecule has 11 heteroatoms. The van der Waals surface area contributed by atoms with E-state index < -0.39 is 23.3 Å². The van der Waals surface area contributed by atoms with Gasteiger partial charge in [-0.15, -0.1) is 0 Å². The van der Waals surface area contributed by atoms with E-state index in [0.29, 0.717) is 31.9 Å². The highest BCUT2D eigenvalue weighted by atomic mass is 35.5. The molecule has 4 rings (SSSR count). The number of hydrogen-bond donors (Lipinski definition) is 0. The van der Waals surface area contributed by atoms with Crippen molar-refractivity contribution < 1.29 is 22.8 Å². The third-order valence-corrected chi connectivity index (χ3v) is 5.58. The number of carbonyl (C=O) groups is 2. The molecule has 0 spiro atoms. The first-order valence-corrected chi connectivity index (χ1v) is 9.37. The van der Waals surface area contributed by atoms with E-state index in [1.807, 2.05) is 4.90 Å². The minimum atomic E-state index is -4.38. The first-order chi connectivity index (χ1) is 13.3. The zero-order valence-electron chi connectivity index (χ0n) is 14.2. The second-order valence-corrected chi connectivity index (χ2v) is 7.21. The molecule has 0 bridgehead atoms. The molecule has 28 heavy (non-hydrogen) atoms. The van der Waals surface area contributed by atoms with Gasteiger partial charge in [0.2, 0.25) is 11.6 Å². The summed E-state index contributed by atoms with van der Waals surface area (Å²) in [5.74, 6) is -0.957. The lowest BCUT2D eigenvalue weighted by Crippen LogP contribution is -2.48. The van der Waals surface area contributed by atoms with Crippen LogP contribution in [-0.4, -0.2) is 51.4 Å². The van der Waals surface area contributed by atoms with Crippen LogP contribution in [0.15, 0.2) is 35.0 Å². The number of rotatable bonds is 2. The van der Waals surface area contributed by atoms with E-state index in [1.165, 1.54) is 12.1 Å². The van der Waals surface area contributed by atoms with E-state index in [1.54, 1.807) is 4.90 Å². The fraction of sp³-hybridized carbons (Fsp3) is 0.294. The van der Waals surface area contributed by atoms with E-state index in [9.17, 15) is 22.8 Å². The summed E-state index contributed by atoms with van der Waals surface area (Å²) in [7, 11) is 0. The van der Waals surface area contributed by atoms with Crippen LogP contribution in [0, 0.1) is 0 Å². The summed E-state index contributed by atoms with van der Waals surface area (Å²) in [5, 5.41) is -0.173. The molecule has 0 amide bonds. The van der Waals surface area contributed by atoms with Crippen LogP contribution in [0.3, 0.4) is 0 Å². The summed E-state index contributed by atoms with van der Waals surface area (Å²) in [6.45, 7) is 1.70. The summed E-state index contributed by atoms with van der Waals surface area (Å²) in [6, 6.07) is 4.93. The van der Waals surface area contributed by atoms with Crippen LogP contribution in [-0.2, 0) is 6.18 Å². The molecule has 6 nitrogen and oxygen atoms in total. The number of nitrogens with zero attached hydrogens (tertiary/aromatic N) is 4. The number of benzene rings is 1. The number of ketones is 2. The lowest BCUT2D eigenvalue weighted by Gasteiger charge is -2.38. The molecule has 0 unspecified atom stereocenters. The normalized spacial score (nSPS) is 18.0. The summed E-state index contributed by atoms with van der Waals surface area (Å²) >= 11 is 6.92. The lowest BCUT2D eigenvalue weighted by molar-refractivity contribution is -0.137. The number of alkyl halides is 3. The van der Waals surface area contributed by atoms with Crippen molar-refractivity contribution >= 4 is 40.6 Å². The molecule has 1 aliphatic carbocycles. The Balaban J connectivity index is 1.49. The number of halogens is 4. The van der Waals surface area contributed by atoms with Crippen LogP contribution in [0.5, 0.6) is 0 Å². The van der Waals surface area contributed by atoms with Crippen molar-refractivity contribution in [3.63, 3.8) is 0 Å². The summed E-state index contributed by atoms with van der Waals surface area (Å²) in [5.41, 5.74) is 0.0567. The third kappa shape index (κ3) is 3.16.